The summed E-state index contributed by atoms with van der Waals surface area (Å²) in [5.74, 6) is -1.52. The zero-order valence-electron chi connectivity index (χ0n) is 17.0. The van der Waals surface area contributed by atoms with Gasteiger partial charge in [0.1, 0.15) is 12.6 Å². The van der Waals surface area contributed by atoms with Gasteiger partial charge in [0.2, 0.25) is 5.91 Å². The first-order valence-corrected chi connectivity index (χ1v) is 9.93. The Morgan fingerprint density at radius 2 is 1.74 bits per heavy atom. The van der Waals surface area contributed by atoms with Gasteiger partial charge in [-0.2, -0.15) is 5.26 Å². The Morgan fingerprint density at radius 1 is 1.03 bits per heavy atom. The molecule has 2 aromatic carbocycles. The fourth-order valence-corrected chi connectivity index (χ4v) is 2.82. The van der Waals surface area contributed by atoms with E-state index in [9.17, 15) is 14.4 Å². The summed E-state index contributed by atoms with van der Waals surface area (Å²) in [4.78, 5) is 35.4. The number of ether oxygens (including phenoxy) is 1. The van der Waals surface area contributed by atoms with Gasteiger partial charge in [-0.05, 0) is 42.5 Å². The van der Waals surface area contributed by atoms with Crippen molar-refractivity contribution in [3.8, 4) is 6.07 Å². The maximum Gasteiger partial charge on any atom is 0.408 e. The molecule has 0 radical (unpaired) electrons. The minimum atomic E-state index is -1.06. The quantitative estimate of drug-likeness (QED) is 0.477. The van der Waals surface area contributed by atoms with Crippen LogP contribution in [0, 0.1) is 11.3 Å². The molecular formula is C23H25N3O5. The molecule has 3 N–H and O–H groups in total. The minimum Gasteiger partial charge on any atom is -0.481 e. The van der Waals surface area contributed by atoms with E-state index in [0.29, 0.717) is 24.9 Å². The lowest BCUT2D eigenvalue weighted by Crippen LogP contribution is -2.47. The Balaban J connectivity index is 1.79. The zero-order chi connectivity index (χ0) is 22.5. The van der Waals surface area contributed by atoms with Crippen LogP contribution in [0.3, 0.4) is 0 Å². The molecule has 2 rings (SSSR count). The fourth-order valence-electron chi connectivity index (χ4n) is 2.82. The molecule has 0 aliphatic rings. The number of rotatable bonds is 11. The Labute approximate surface area is 180 Å². The number of nitriles is 1. The molecular weight excluding hydrogens is 398 g/mol. The summed E-state index contributed by atoms with van der Waals surface area (Å²) < 4.78 is 5.12. The van der Waals surface area contributed by atoms with Crippen molar-refractivity contribution in [1.82, 2.24) is 10.6 Å². The van der Waals surface area contributed by atoms with Crippen LogP contribution in [0.4, 0.5) is 4.79 Å². The number of hydrogen-bond acceptors (Lipinski definition) is 5. The molecule has 0 bridgehead atoms. The van der Waals surface area contributed by atoms with E-state index in [1.54, 1.807) is 24.3 Å². The number of aryl methyl sites for hydroxylation is 1. The smallest absolute Gasteiger partial charge is 0.408 e. The number of aliphatic carboxylic acids is 1. The highest BCUT2D eigenvalue weighted by atomic mass is 16.5. The molecule has 0 fully saturated rings. The third kappa shape index (κ3) is 9.00. The molecule has 0 saturated heterocycles. The number of benzene rings is 2. The Morgan fingerprint density at radius 3 is 2.39 bits per heavy atom. The van der Waals surface area contributed by atoms with Crippen LogP contribution in [0.1, 0.15) is 36.0 Å². The van der Waals surface area contributed by atoms with Crippen LogP contribution in [0.15, 0.2) is 54.6 Å². The standard InChI is InChI=1S/C23H25N3O5/c24-15-18-10-8-17(9-11-18)7-4-14-25-22(29)20(12-13-21(27)28)26-23(30)31-16-19-5-2-1-3-6-19/h1-3,5-6,8-11,20H,4,7,12-14,16H2,(H,25,29)(H,26,30)(H,27,28)/t20-/m1/s1. The number of carbonyl (C=O) groups excluding carboxylic acids is 2. The summed E-state index contributed by atoms with van der Waals surface area (Å²) in [6.07, 6.45) is 0.270. The molecule has 8 nitrogen and oxygen atoms in total. The SMILES string of the molecule is N#Cc1ccc(CCCNC(=O)[C@@H](CCC(=O)O)NC(=O)OCc2ccccc2)cc1. The average Bonchev–Trinajstić information content (AvgIpc) is 2.79. The van der Waals surface area contributed by atoms with E-state index in [4.69, 9.17) is 15.1 Å². The lowest BCUT2D eigenvalue weighted by molar-refractivity contribution is -0.137. The summed E-state index contributed by atoms with van der Waals surface area (Å²) in [6.45, 7) is 0.410. The predicted octanol–water partition coefficient (Wildman–Crippen LogP) is 2.77. The number of alkyl carbamates (subject to hydrolysis) is 1. The van der Waals surface area contributed by atoms with E-state index in [0.717, 1.165) is 11.1 Å². The third-order valence-electron chi connectivity index (χ3n) is 4.49. The number of nitrogens with zero attached hydrogens (tertiary/aromatic N) is 1. The zero-order valence-corrected chi connectivity index (χ0v) is 17.0. The van der Waals surface area contributed by atoms with Gasteiger partial charge in [-0.1, -0.05) is 42.5 Å². The number of carboxylic acids is 1. The molecule has 8 heteroatoms. The summed E-state index contributed by atoms with van der Waals surface area (Å²) in [5.41, 5.74) is 2.42. The maximum atomic E-state index is 12.4. The van der Waals surface area contributed by atoms with E-state index >= 15 is 0 Å². The van der Waals surface area contributed by atoms with Gasteiger partial charge in [-0.25, -0.2) is 4.79 Å². The Bertz CT molecular complexity index is 907. The molecule has 0 aliphatic carbocycles. The van der Waals surface area contributed by atoms with Crippen molar-refractivity contribution in [1.29, 1.82) is 5.26 Å². The van der Waals surface area contributed by atoms with Crippen molar-refractivity contribution in [3.05, 3.63) is 71.3 Å². The monoisotopic (exact) mass is 423 g/mol. The van der Waals surface area contributed by atoms with Crippen molar-refractivity contribution in [3.63, 3.8) is 0 Å². The van der Waals surface area contributed by atoms with Gasteiger partial charge < -0.3 is 20.5 Å². The van der Waals surface area contributed by atoms with E-state index in [1.807, 2.05) is 30.3 Å². The van der Waals surface area contributed by atoms with Gasteiger partial charge in [0.15, 0.2) is 0 Å². The molecule has 1 atom stereocenters. The van der Waals surface area contributed by atoms with Gasteiger partial charge in [0.05, 0.1) is 11.6 Å². The maximum absolute atomic E-state index is 12.4. The largest absolute Gasteiger partial charge is 0.481 e. The van der Waals surface area contributed by atoms with Crippen molar-refractivity contribution >= 4 is 18.0 Å². The number of amides is 2. The second kappa shape index (κ2) is 12.6. The first-order valence-electron chi connectivity index (χ1n) is 9.93. The van der Waals surface area contributed by atoms with E-state index in [-0.39, 0.29) is 19.4 Å². The van der Waals surface area contributed by atoms with Crippen LogP contribution in [0.5, 0.6) is 0 Å². The van der Waals surface area contributed by atoms with Crippen LogP contribution in [-0.4, -0.2) is 35.7 Å². The first kappa shape index (κ1) is 23.4. The number of hydrogen-bond donors (Lipinski definition) is 3. The van der Waals surface area contributed by atoms with Crippen LogP contribution in [0.25, 0.3) is 0 Å². The van der Waals surface area contributed by atoms with Crippen molar-refractivity contribution in [2.24, 2.45) is 0 Å². The van der Waals surface area contributed by atoms with Crippen LogP contribution in [0.2, 0.25) is 0 Å². The second-order valence-corrected chi connectivity index (χ2v) is 6.89. The molecule has 0 saturated carbocycles. The van der Waals surface area contributed by atoms with Gasteiger partial charge in [0.25, 0.3) is 0 Å². The summed E-state index contributed by atoms with van der Waals surface area (Å²) in [5, 5.41) is 22.9. The summed E-state index contributed by atoms with van der Waals surface area (Å²) in [6, 6.07) is 17.3. The topological polar surface area (TPSA) is 129 Å². The highest BCUT2D eigenvalue weighted by Crippen LogP contribution is 2.06. The molecule has 162 valence electrons. The molecule has 2 aromatic rings. The van der Waals surface area contributed by atoms with Crippen LogP contribution >= 0.6 is 0 Å². The highest BCUT2D eigenvalue weighted by Gasteiger charge is 2.22. The lowest BCUT2D eigenvalue weighted by Gasteiger charge is -2.18. The molecule has 0 aliphatic heterocycles. The molecule has 31 heavy (non-hydrogen) atoms. The van der Waals surface area contributed by atoms with Crippen molar-refractivity contribution in [2.75, 3.05) is 6.54 Å². The van der Waals surface area contributed by atoms with E-state index < -0.39 is 24.0 Å². The van der Waals surface area contributed by atoms with Gasteiger partial charge in [0, 0.05) is 13.0 Å². The highest BCUT2D eigenvalue weighted by molar-refractivity contribution is 5.86. The summed E-state index contributed by atoms with van der Waals surface area (Å²) in [7, 11) is 0. The van der Waals surface area contributed by atoms with Crippen molar-refractivity contribution in [2.45, 2.75) is 38.3 Å². The Hall–Kier alpha value is -3.86. The van der Waals surface area contributed by atoms with Gasteiger partial charge in [-0.3, -0.25) is 9.59 Å². The predicted molar refractivity (Wildman–Crippen MR) is 113 cm³/mol. The molecule has 0 aromatic heterocycles. The Kier molecular flexibility index (Phi) is 9.56. The fraction of sp³-hybridized carbons (Fsp3) is 0.304. The van der Waals surface area contributed by atoms with Crippen LogP contribution < -0.4 is 10.6 Å². The normalized spacial score (nSPS) is 11.1. The molecule has 0 spiro atoms. The van der Waals surface area contributed by atoms with E-state index in [1.165, 1.54) is 0 Å². The number of carbonyl (C=O) groups is 3. The first-order chi connectivity index (χ1) is 15.0. The number of carboxylic acid groups (broad SMARTS) is 1. The molecule has 0 heterocycles. The average molecular weight is 423 g/mol. The number of nitrogens with one attached hydrogen (secondary N) is 2. The lowest BCUT2D eigenvalue weighted by atomic mass is 10.1. The van der Waals surface area contributed by atoms with Crippen molar-refractivity contribution < 1.29 is 24.2 Å². The summed E-state index contributed by atoms with van der Waals surface area (Å²) >= 11 is 0. The van der Waals surface area contributed by atoms with Gasteiger partial charge >= 0.3 is 12.1 Å². The molecule has 0 unspecified atom stereocenters. The molecule has 2 amide bonds. The second-order valence-electron chi connectivity index (χ2n) is 6.89. The van der Waals surface area contributed by atoms with Gasteiger partial charge in [-0.15, -0.1) is 0 Å². The third-order valence-corrected chi connectivity index (χ3v) is 4.49. The van der Waals surface area contributed by atoms with E-state index in [2.05, 4.69) is 16.7 Å². The van der Waals surface area contributed by atoms with Crippen LogP contribution in [-0.2, 0) is 27.4 Å². The minimum absolute atomic E-state index is 0.0444.